The third kappa shape index (κ3) is 49.0. The molecule has 1 atom stereocenters. The third-order valence-electron chi connectivity index (χ3n) is 10.3. The Labute approximate surface area is 387 Å². The van der Waals surface area contributed by atoms with Gasteiger partial charge in [0.2, 0.25) is 0 Å². The van der Waals surface area contributed by atoms with Crippen molar-refractivity contribution < 1.29 is 28.6 Å². The molecule has 0 rings (SSSR count). The summed E-state index contributed by atoms with van der Waals surface area (Å²) in [6.07, 6.45) is 68.1. The molecule has 63 heavy (non-hydrogen) atoms. The molecule has 0 aliphatic rings. The Balaban J connectivity index is 4.44. The van der Waals surface area contributed by atoms with Crippen molar-refractivity contribution in [1.29, 1.82) is 0 Å². The van der Waals surface area contributed by atoms with Gasteiger partial charge >= 0.3 is 17.9 Å². The van der Waals surface area contributed by atoms with E-state index in [0.29, 0.717) is 19.3 Å². The molecular formula is C57H92O6. The van der Waals surface area contributed by atoms with Crippen LogP contribution in [0.15, 0.2) is 109 Å². The topological polar surface area (TPSA) is 78.9 Å². The highest BCUT2D eigenvalue weighted by Crippen LogP contribution is 2.13. The van der Waals surface area contributed by atoms with Gasteiger partial charge in [-0.15, -0.1) is 0 Å². The van der Waals surface area contributed by atoms with Crippen LogP contribution < -0.4 is 0 Å². The van der Waals surface area contributed by atoms with E-state index >= 15 is 0 Å². The summed E-state index contributed by atoms with van der Waals surface area (Å²) in [4.78, 5) is 37.8. The molecule has 0 aliphatic carbocycles. The fraction of sp³-hybridized carbons (Fsp3) is 0.632. The summed E-state index contributed by atoms with van der Waals surface area (Å²) >= 11 is 0. The normalized spacial score (nSPS) is 13.0. The molecule has 0 spiro atoms. The van der Waals surface area contributed by atoms with E-state index in [1.807, 2.05) is 0 Å². The van der Waals surface area contributed by atoms with Crippen molar-refractivity contribution >= 4 is 17.9 Å². The van der Waals surface area contributed by atoms with Crippen LogP contribution in [0.2, 0.25) is 0 Å². The zero-order chi connectivity index (χ0) is 45.8. The van der Waals surface area contributed by atoms with Crippen molar-refractivity contribution in [3.05, 3.63) is 109 Å². The fourth-order valence-electron chi connectivity index (χ4n) is 6.50. The van der Waals surface area contributed by atoms with Gasteiger partial charge in [-0.05, 0) is 109 Å². The van der Waals surface area contributed by atoms with E-state index < -0.39 is 6.10 Å². The van der Waals surface area contributed by atoms with Crippen molar-refractivity contribution in [2.45, 2.75) is 219 Å². The lowest BCUT2D eigenvalue weighted by Gasteiger charge is -2.18. The molecule has 0 bridgehead atoms. The first-order valence-electron chi connectivity index (χ1n) is 25.4. The van der Waals surface area contributed by atoms with Gasteiger partial charge in [0.15, 0.2) is 6.10 Å². The minimum absolute atomic E-state index is 0.115. The molecule has 1 unspecified atom stereocenters. The quantitative estimate of drug-likeness (QED) is 0.0199. The van der Waals surface area contributed by atoms with Gasteiger partial charge in [0.25, 0.3) is 0 Å². The van der Waals surface area contributed by atoms with Crippen molar-refractivity contribution in [3.8, 4) is 0 Å². The maximum atomic E-state index is 12.8. The Morgan fingerprint density at radius 3 is 1.14 bits per heavy atom. The van der Waals surface area contributed by atoms with Crippen LogP contribution in [0.1, 0.15) is 213 Å². The van der Waals surface area contributed by atoms with Crippen LogP contribution >= 0.6 is 0 Å². The number of ether oxygens (including phenoxy) is 3. The van der Waals surface area contributed by atoms with Gasteiger partial charge in [-0.25, -0.2) is 0 Å². The number of rotatable bonds is 44. The highest BCUT2D eigenvalue weighted by Gasteiger charge is 2.19. The number of hydrogen-bond acceptors (Lipinski definition) is 6. The summed E-state index contributed by atoms with van der Waals surface area (Å²) < 4.78 is 16.7. The summed E-state index contributed by atoms with van der Waals surface area (Å²) in [6, 6.07) is 0. The Hall–Kier alpha value is -3.93. The van der Waals surface area contributed by atoms with E-state index in [-0.39, 0.29) is 37.5 Å². The lowest BCUT2D eigenvalue weighted by atomic mass is 10.1. The monoisotopic (exact) mass is 873 g/mol. The van der Waals surface area contributed by atoms with E-state index in [1.54, 1.807) is 0 Å². The first kappa shape index (κ1) is 59.1. The first-order chi connectivity index (χ1) is 31.0. The van der Waals surface area contributed by atoms with Gasteiger partial charge in [-0.2, -0.15) is 0 Å². The standard InChI is InChI=1S/C57H92O6/c1-4-7-10-13-16-19-21-23-25-27-28-30-31-33-35-38-41-44-47-50-56(59)62-53-54(52-61-55(58)49-46-43-40-37-18-15-12-9-6-3)63-57(60)51-48-45-42-39-36-34-32-29-26-24-22-20-17-14-11-8-5-2/h8-9,11-12,16-21,23-24,26,32,34,37,39,42,54H,4-7,10,13-15,22,25,27-31,33,35-36,38,40-41,43-53H2,1-3H3/b11-8-,12-9-,19-16-,20-17-,23-21-,26-24-,34-32-,37-18-,42-39-. The molecule has 0 heterocycles. The maximum absolute atomic E-state index is 12.8. The van der Waals surface area contributed by atoms with Crippen LogP contribution in [-0.2, 0) is 28.6 Å². The average Bonchev–Trinajstić information content (AvgIpc) is 3.28. The summed E-state index contributed by atoms with van der Waals surface area (Å²) in [5.74, 6) is -1.02. The van der Waals surface area contributed by atoms with E-state index in [0.717, 1.165) is 89.9 Å². The van der Waals surface area contributed by atoms with Crippen molar-refractivity contribution in [3.63, 3.8) is 0 Å². The second-order valence-electron chi connectivity index (χ2n) is 16.3. The van der Waals surface area contributed by atoms with Crippen LogP contribution in [0.5, 0.6) is 0 Å². The molecule has 0 radical (unpaired) electrons. The van der Waals surface area contributed by atoms with E-state index in [9.17, 15) is 14.4 Å². The van der Waals surface area contributed by atoms with Crippen LogP contribution in [0.3, 0.4) is 0 Å². The second kappa shape index (κ2) is 50.7. The molecule has 0 amide bonds. The molecule has 0 saturated heterocycles. The Kier molecular flexibility index (Phi) is 47.5. The average molecular weight is 873 g/mol. The summed E-state index contributed by atoms with van der Waals surface area (Å²) in [6.45, 7) is 6.27. The Morgan fingerprint density at radius 2 is 0.683 bits per heavy atom. The smallest absolute Gasteiger partial charge is 0.306 e. The highest BCUT2D eigenvalue weighted by atomic mass is 16.6. The van der Waals surface area contributed by atoms with E-state index in [1.165, 1.54) is 77.0 Å². The van der Waals surface area contributed by atoms with Crippen molar-refractivity contribution in [2.75, 3.05) is 13.2 Å². The number of unbranched alkanes of at least 4 members (excludes halogenated alkanes) is 16. The molecule has 0 fully saturated rings. The predicted octanol–water partition coefficient (Wildman–Crippen LogP) is 16.8. The molecule has 0 N–H and O–H groups in total. The SMILES string of the molecule is CC/C=C\C/C=C\C/C=C\C/C=C\C/C=C\CCCC(=O)OC(COC(=O)CCCC/C=C\C/C=C\CC)COC(=O)CCCCCCCCCCCC/C=C\C=C/CCCCC. The van der Waals surface area contributed by atoms with Crippen LogP contribution in [0.4, 0.5) is 0 Å². The number of allylic oxidation sites excluding steroid dienone is 18. The number of carbonyl (C=O) groups is 3. The lowest BCUT2D eigenvalue weighted by molar-refractivity contribution is -0.167. The van der Waals surface area contributed by atoms with E-state index in [4.69, 9.17) is 14.2 Å². The van der Waals surface area contributed by atoms with Crippen LogP contribution in [0.25, 0.3) is 0 Å². The Bertz CT molecular complexity index is 1330. The van der Waals surface area contributed by atoms with E-state index in [2.05, 4.69) is 130 Å². The summed E-state index contributed by atoms with van der Waals surface area (Å²) in [5.41, 5.74) is 0. The highest BCUT2D eigenvalue weighted by molar-refractivity contribution is 5.71. The lowest BCUT2D eigenvalue weighted by Crippen LogP contribution is -2.30. The van der Waals surface area contributed by atoms with Gasteiger partial charge in [0.1, 0.15) is 13.2 Å². The minimum Gasteiger partial charge on any atom is -0.462 e. The molecule has 0 aromatic rings. The zero-order valence-corrected chi connectivity index (χ0v) is 40.5. The first-order valence-corrected chi connectivity index (χ1v) is 25.4. The molecule has 0 saturated carbocycles. The molecule has 0 aromatic carbocycles. The second-order valence-corrected chi connectivity index (χ2v) is 16.3. The number of hydrogen-bond donors (Lipinski definition) is 0. The number of carbonyl (C=O) groups excluding carboxylic acids is 3. The maximum Gasteiger partial charge on any atom is 0.306 e. The third-order valence-corrected chi connectivity index (χ3v) is 10.3. The summed E-state index contributed by atoms with van der Waals surface area (Å²) in [7, 11) is 0. The molecule has 6 nitrogen and oxygen atoms in total. The molecule has 0 aromatic heterocycles. The largest absolute Gasteiger partial charge is 0.462 e. The van der Waals surface area contributed by atoms with Gasteiger partial charge in [-0.3, -0.25) is 14.4 Å². The zero-order valence-electron chi connectivity index (χ0n) is 40.5. The predicted molar refractivity (Wildman–Crippen MR) is 270 cm³/mol. The van der Waals surface area contributed by atoms with Crippen LogP contribution in [-0.4, -0.2) is 37.2 Å². The van der Waals surface area contributed by atoms with Crippen LogP contribution in [0, 0.1) is 0 Å². The molecule has 356 valence electrons. The van der Waals surface area contributed by atoms with Gasteiger partial charge in [-0.1, -0.05) is 194 Å². The van der Waals surface area contributed by atoms with Gasteiger partial charge in [0.05, 0.1) is 0 Å². The van der Waals surface area contributed by atoms with Gasteiger partial charge < -0.3 is 14.2 Å². The molecular weight excluding hydrogens is 781 g/mol. The molecule has 0 aliphatic heterocycles. The minimum atomic E-state index is -0.822. The Morgan fingerprint density at radius 1 is 0.349 bits per heavy atom. The van der Waals surface area contributed by atoms with Gasteiger partial charge in [0, 0.05) is 19.3 Å². The fourth-order valence-corrected chi connectivity index (χ4v) is 6.50. The summed E-state index contributed by atoms with van der Waals surface area (Å²) in [5, 5.41) is 0. The number of esters is 3. The van der Waals surface area contributed by atoms with Crippen molar-refractivity contribution in [2.24, 2.45) is 0 Å². The molecule has 6 heteroatoms. The van der Waals surface area contributed by atoms with Crippen molar-refractivity contribution in [1.82, 2.24) is 0 Å².